The molecule has 1 aromatic carbocycles. The SMILES string of the molecule is CSc1nc(NNC=O)cc(Oc2ccc(Cl)cc2)n1. The van der Waals surface area contributed by atoms with Crippen LogP contribution in [0.15, 0.2) is 35.5 Å². The standard InChI is InChI=1S/C12H11ClN4O2S/c1-20-12-15-10(17-14-7-18)6-11(16-12)19-9-4-2-8(13)3-5-9/h2-7H,1H3,(H,14,18)(H,15,16,17). The van der Waals surface area contributed by atoms with Gasteiger partial charge in [-0.05, 0) is 30.5 Å². The van der Waals surface area contributed by atoms with Crippen LogP contribution in [0, 0.1) is 0 Å². The number of halogens is 1. The summed E-state index contributed by atoms with van der Waals surface area (Å²) in [5.41, 5.74) is 4.93. The first-order chi connectivity index (χ1) is 9.71. The molecule has 1 amide bonds. The van der Waals surface area contributed by atoms with Gasteiger partial charge in [0, 0.05) is 11.1 Å². The molecule has 0 bridgehead atoms. The molecule has 0 saturated heterocycles. The molecule has 104 valence electrons. The maximum Gasteiger partial charge on any atom is 0.225 e. The summed E-state index contributed by atoms with van der Waals surface area (Å²) < 4.78 is 5.62. The zero-order chi connectivity index (χ0) is 14.4. The largest absolute Gasteiger partial charge is 0.439 e. The van der Waals surface area contributed by atoms with Gasteiger partial charge in [0.25, 0.3) is 0 Å². The summed E-state index contributed by atoms with van der Waals surface area (Å²) in [6.45, 7) is 0. The Morgan fingerprint density at radius 1 is 1.30 bits per heavy atom. The minimum atomic E-state index is 0.363. The number of carbonyl (C=O) groups is 1. The second-order valence-electron chi connectivity index (χ2n) is 3.52. The van der Waals surface area contributed by atoms with Gasteiger partial charge in [0.1, 0.15) is 5.75 Å². The summed E-state index contributed by atoms with van der Waals surface area (Å²) in [4.78, 5) is 18.7. The fourth-order valence-electron chi connectivity index (χ4n) is 1.34. The van der Waals surface area contributed by atoms with Crippen LogP contribution in [0.4, 0.5) is 5.82 Å². The van der Waals surface area contributed by atoms with Gasteiger partial charge in [0.15, 0.2) is 11.0 Å². The number of benzene rings is 1. The first-order valence-electron chi connectivity index (χ1n) is 5.53. The number of rotatable bonds is 6. The summed E-state index contributed by atoms with van der Waals surface area (Å²) in [6.07, 6.45) is 2.36. The predicted octanol–water partition coefficient (Wildman–Crippen LogP) is 2.72. The molecule has 20 heavy (non-hydrogen) atoms. The van der Waals surface area contributed by atoms with Crippen molar-refractivity contribution < 1.29 is 9.53 Å². The Balaban J connectivity index is 2.21. The Hall–Kier alpha value is -1.99. The van der Waals surface area contributed by atoms with Crippen LogP contribution in [0.1, 0.15) is 0 Å². The van der Waals surface area contributed by atoms with Crippen molar-refractivity contribution in [2.75, 3.05) is 11.7 Å². The average Bonchev–Trinajstić information content (AvgIpc) is 2.47. The van der Waals surface area contributed by atoms with Crippen molar-refractivity contribution in [3.05, 3.63) is 35.4 Å². The maximum atomic E-state index is 10.3. The third kappa shape index (κ3) is 4.01. The average molecular weight is 311 g/mol. The molecular formula is C12H11ClN4O2S. The number of ether oxygens (including phenoxy) is 1. The summed E-state index contributed by atoms with van der Waals surface area (Å²) in [5.74, 6) is 1.40. The van der Waals surface area contributed by atoms with Gasteiger partial charge in [-0.2, -0.15) is 4.98 Å². The highest BCUT2D eigenvalue weighted by atomic mass is 35.5. The number of hydrazine groups is 1. The third-order valence-corrected chi connectivity index (χ3v) is 2.96. The van der Waals surface area contributed by atoms with Gasteiger partial charge < -0.3 is 4.74 Å². The molecule has 0 aliphatic rings. The van der Waals surface area contributed by atoms with E-state index in [1.165, 1.54) is 11.8 Å². The second kappa shape index (κ2) is 6.97. The molecule has 0 aliphatic carbocycles. The van der Waals surface area contributed by atoms with Gasteiger partial charge in [-0.3, -0.25) is 15.6 Å². The van der Waals surface area contributed by atoms with Crippen LogP contribution in [0.5, 0.6) is 11.6 Å². The van der Waals surface area contributed by atoms with Crippen molar-refractivity contribution in [2.45, 2.75) is 5.16 Å². The van der Waals surface area contributed by atoms with Crippen molar-refractivity contribution in [2.24, 2.45) is 0 Å². The molecule has 0 aliphatic heterocycles. The first kappa shape index (κ1) is 14.4. The van der Waals surface area contributed by atoms with Crippen LogP contribution < -0.4 is 15.6 Å². The number of thioether (sulfide) groups is 1. The lowest BCUT2D eigenvalue weighted by Crippen LogP contribution is -2.20. The van der Waals surface area contributed by atoms with Crippen molar-refractivity contribution in [3.8, 4) is 11.6 Å². The lowest BCUT2D eigenvalue weighted by Gasteiger charge is -2.09. The van der Waals surface area contributed by atoms with Crippen LogP contribution in [0.3, 0.4) is 0 Å². The molecular weight excluding hydrogens is 300 g/mol. The minimum Gasteiger partial charge on any atom is -0.439 e. The Bertz CT molecular complexity index is 595. The van der Waals surface area contributed by atoms with E-state index in [2.05, 4.69) is 20.8 Å². The molecule has 0 spiro atoms. The van der Waals surface area contributed by atoms with Gasteiger partial charge in [-0.25, -0.2) is 4.98 Å². The smallest absolute Gasteiger partial charge is 0.225 e. The number of nitrogens with zero attached hydrogens (tertiary/aromatic N) is 2. The van der Waals surface area contributed by atoms with Gasteiger partial charge in [-0.1, -0.05) is 23.4 Å². The van der Waals surface area contributed by atoms with Crippen molar-refractivity contribution in [3.63, 3.8) is 0 Å². The first-order valence-corrected chi connectivity index (χ1v) is 7.13. The van der Waals surface area contributed by atoms with E-state index in [1.54, 1.807) is 30.3 Å². The van der Waals surface area contributed by atoms with Crippen LogP contribution >= 0.6 is 23.4 Å². The molecule has 1 heterocycles. The van der Waals surface area contributed by atoms with Crippen LogP contribution in [-0.2, 0) is 4.79 Å². The summed E-state index contributed by atoms with van der Waals surface area (Å²) in [6, 6.07) is 8.49. The van der Waals surface area contributed by atoms with Crippen molar-refractivity contribution >= 4 is 35.6 Å². The molecule has 0 radical (unpaired) electrons. The van der Waals surface area contributed by atoms with Crippen LogP contribution in [0.2, 0.25) is 5.02 Å². The Morgan fingerprint density at radius 3 is 2.70 bits per heavy atom. The maximum absolute atomic E-state index is 10.3. The number of aromatic nitrogens is 2. The zero-order valence-electron chi connectivity index (χ0n) is 10.5. The Labute approximate surface area is 124 Å². The molecule has 2 aromatic rings. The van der Waals surface area contributed by atoms with E-state index in [-0.39, 0.29) is 0 Å². The van der Waals surface area contributed by atoms with E-state index in [4.69, 9.17) is 16.3 Å². The zero-order valence-corrected chi connectivity index (χ0v) is 12.0. The third-order valence-electron chi connectivity index (χ3n) is 2.16. The highest BCUT2D eigenvalue weighted by molar-refractivity contribution is 7.98. The fraction of sp³-hybridized carbons (Fsp3) is 0.0833. The van der Waals surface area contributed by atoms with E-state index in [9.17, 15) is 4.79 Å². The van der Waals surface area contributed by atoms with Crippen molar-refractivity contribution in [1.82, 2.24) is 15.4 Å². The number of hydrogen-bond donors (Lipinski definition) is 2. The van der Waals surface area contributed by atoms with E-state index < -0.39 is 0 Å². The molecule has 8 heteroatoms. The molecule has 1 aromatic heterocycles. The monoisotopic (exact) mass is 310 g/mol. The lowest BCUT2D eigenvalue weighted by atomic mass is 10.3. The van der Waals surface area contributed by atoms with E-state index in [0.29, 0.717) is 34.0 Å². The molecule has 0 unspecified atom stereocenters. The predicted molar refractivity (Wildman–Crippen MR) is 78.2 cm³/mol. The van der Waals surface area contributed by atoms with Gasteiger partial charge in [0.05, 0.1) is 0 Å². The van der Waals surface area contributed by atoms with E-state index in [1.807, 2.05) is 6.26 Å². The van der Waals surface area contributed by atoms with Crippen LogP contribution in [-0.4, -0.2) is 22.6 Å². The molecule has 0 atom stereocenters. The Morgan fingerprint density at radius 2 is 2.05 bits per heavy atom. The van der Waals surface area contributed by atoms with Crippen LogP contribution in [0.25, 0.3) is 0 Å². The molecule has 2 rings (SSSR count). The number of anilines is 1. The molecule has 0 saturated carbocycles. The number of amides is 1. The molecule has 2 N–H and O–H groups in total. The summed E-state index contributed by atoms with van der Waals surface area (Å²) in [7, 11) is 0. The quantitative estimate of drug-likeness (QED) is 0.370. The topological polar surface area (TPSA) is 76.1 Å². The normalized spacial score (nSPS) is 9.90. The van der Waals surface area contributed by atoms with E-state index in [0.717, 1.165) is 0 Å². The van der Waals surface area contributed by atoms with Crippen molar-refractivity contribution in [1.29, 1.82) is 0 Å². The molecule has 6 nitrogen and oxygen atoms in total. The van der Waals surface area contributed by atoms with Gasteiger partial charge in [-0.15, -0.1) is 0 Å². The van der Waals surface area contributed by atoms with Gasteiger partial charge >= 0.3 is 0 Å². The van der Waals surface area contributed by atoms with E-state index >= 15 is 0 Å². The minimum absolute atomic E-state index is 0.363. The van der Waals surface area contributed by atoms with Gasteiger partial charge in [0.2, 0.25) is 12.3 Å². The number of hydrogen-bond acceptors (Lipinski definition) is 6. The number of nitrogens with one attached hydrogen (secondary N) is 2. The summed E-state index contributed by atoms with van der Waals surface area (Å²) in [5, 5.41) is 1.15. The highest BCUT2D eigenvalue weighted by Gasteiger charge is 2.06. The molecule has 0 fully saturated rings. The lowest BCUT2D eigenvalue weighted by molar-refractivity contribution is -0.109. The second-order valence-corrected chi connectivity index (χ2v) is 4.73. The highest BCUT2D eigenvalue weighted by Crippen LogP contribution is 2.24. The summed E-state index contributed by atoms with van der Waals surface area (Å²) >= 11 is 7.17. The Kier molecular flexibility index (Phi) is 5.03. The fourth-order valence-corrected chi connectivity index (χ4v) is 1.84. The number of carbonyl (C=O) groups excluding carboxylic acids is 1.